The Morgan fingerprint density at radius 1 is 0.531 bits per heavy atom. The second-order valence-electron chi connectivity index (χ2n) is 13.1. The largest absolute Gasteiger partial charge is 0.456 e. The van der Waals surface area contributed by atoms with Crippen LogP contribution in [0.15, 0.2) is 162 Å². The third kappa shape index (κ3) is 3.49. The summed E-state index contributed by atoms with van der Waals surface area (Å²) in [5, 5.41) is 2.32. The minimum atomic E-state index is -0.576. The lowest BCUT2D eigenvalue weighted by Crippen LogP contribution is -2.30. The van der Waals surface area contributed by atoms with Gasteiger partial charge in [0.25, 0.3) is 0 Å². The van der Waals surface area contributed by atoms with Crippen molar-refractivity contribution in [2.75, 3.05) is 0 Å². The van der Waals surface area contributed by atoms with E-state index < -0.39 is 5.41 Å². The van der Waals surface area contributed by atoms with Crippen LogP contribution >= 0.6 is 0 Å². The third-order valence-electron chi connectivity index (χ3n) is 10.6. The molecule has 2 aliphatic rings. The van der Waals surface area contributed by atoms with E-state index in [-0.39, 0.29) is 0 Å². The lowest BCUT2D eigenvalue weighted by atomic mass is 9.65. The first-order valence-electron chi connectivity index (χ1n) is 16.8. The molecule has 0 saturated carbocycles. The molecule has 49 heavy (non-hydrogen) atoms. The zero-order chi connectivity index (χ0) is 32.1. The Labute approximate surface area is 283 Å². The van der Waals surface area contributed by atoms with Crippen LogP contribution in [0.2, 0.25) is 0 Å². The van der Waals surface area contributed by atoms with Crippen LogP contribution in [0.5, 0.6) is 0 Å². The summed E-state index contributed by atoms with van der Waals surface area (Å²) in [4.78, 5) is 5.28. The molecule has 0 amide bonds. The van der Waals surface area contributed by atoms with E-state index in [1.54, 1.807) is 0 Å². The van der Waals surface area contributed by atoms with Gasteiger partial charge < -0.3 is 4.42 Å². The van der Waals surface area contributed by atoms with Gasteiger partial charge in [-0.25, -0.2) is 4.98 Å². The Morgan fingerprint density at radius 3 is 2.18 bits per heavy atom. The molecule has 0 saturated heterocycles. The van der Waals surface area contributed by atoms with Crippen LogP contribution in [0.25, 0.3) is 73.3 Å². The molecule has 2 aromatic heterocycles. The maximum absolute atomic E-state index is 6.47. The molecule has 1 unspecified atom stereocenters. The van der Waals surface area contributed by atoms with Gasteiger partial charge in [0.2, 0.25) is 0 Å². The van der Waals surface area contributed by atoms with Gasteiger partial charge in [-0.15, -0.1) is 0 Å². The number of hydrogen-bond donors (Lipinski definition) is 0. The SMILES string of the molecule is C1=Cc2ccc(-c3nc4ccccc4n3-c3ccccc3)cc2C2(c3ccccc31)c1ccccc1-c1c2ccc2oc3ccccc3c12. The monoisotopic (exact) mass is 624 g/mol. The highest BCUT2D eigenvalue weighted by molar-refractivity contribution is 6.15. The fourth-order valence-electron chi connectivity index (χ4n) is 8.69. The standard InChI is InChI=1S/C46H28N2O/c1-2-13-32(14-3-1)48-40-20-10-9-19-39(40)47-45(48)31-25-24-30-23-22-29-12-4-7-17-35(29)46(38(30)28-31)36-18-8-5-15-33(36)43-37(46)26-27-42-44(43)34-16-6-11-21-41(34)49-42/h1-28H. The van der Waals surface area contributed by atoms with Crippen molar-refractivity contribution in [1.82, 2.24) is 9.55 Å². The van der Waals surface area contributed by atoms with E-state index in [4.69, 9.17) is 9.40 Å². The molecule has 3 nitrogen and oxygen atoms in total. The molecule has 9 aromatic rings. The molecule has 228 valence electrons. The summed E-state index contributed by atoms with van der Waals surface area (Å²) in [5.74, 6) is 0.926. The molecule has 0 N–H and O–H groups in total. The van der Waals surface area contributed by atoms with E-state index in [1.165, 1.54) is 49.9 Å². The fraction of sp³-hybridized carbons (Fsp3) is 0.0217. The quantitative estimate of drug-likeness (QED) is 0.192. The Bertz CT molecular complexity index is 2840. The highest BCUT2D eigenvalue weighted by atomic mass is 16.3. The Kier molecular flexibility index (Phi) is 5.31. The second kappa shape index (κ2) is 9.79. The van der Waals surface area contributed by atoms with Crippen molar-refractivity contribution in [1.29, 1.82) is 0 Å². The van der Waals surface area contributed by atoms with E-state index in [9.17, 15) is 0 Å². The van der Waals surface area contributed by atoms with Crippen molar-refractivity contribution in [2.45, 2.75) is 5.41 Å². The lowest BCUT2D eigenvalue weighted by molar-refractivity contribution is 0.668. The molecule has 0 bridgehead atoms. The Hall–Kier alpha value is -6.45. The van der Waals surface area contributed by atoms with Gasteiger partial charge in [-0.2, -0.15) is 0 Å². The molecule has 11 rings (SSSR count). The number of benzene rings is 7. The van der Waals surface area contributed by atoms with Gasteiger partial charge in [0.05, 0.1) is 16.4 Å². The van der Waals surface area contributed by atoms with Crippen LogP contribution in [-0.4, -0.2) is 9.55 Å². The minimum Gasteiger partial charge on any atom is -0.456 e. The van der Waals surface area contributed by atoms with E-state index in [1.807, 2.05) is 6.07 Å². The molecule has 3 heteroatoms. The number of imidazole rings is 1. The zero-order valence-electron chi connectivity index (χ0n) is 26.5. The average molecular weight is 625 g/mol. The highest BCUT2D eigenvalue weighted by Crippen LogP contribution is 2.61. The van der Waals surface area contributed by atoms with Crippen molar-refractivity contribution in [3.63, 3.8) is 0 Å². The van der Waals surface area contributed by atoms with E-state index >= 15 is 0 Å². The number of aromatic nitrogens is 2. The molecule has 0 aliphatic heterocycles. The maximum Gasteiger partial charge on any atom is 0.145 e. The van der Waals surface area contributed by atoms with Gasteiger partial charge in [-0.1, -0.05) is 127 Å². The summed E-state index contributed by atoms with van der Waals surface area (Å²) in [7, 11) is 0. The van der Waals surface area contributed by atoms with Crippen molar-refractivity contribution >= 4 is 45.1 Å². The van der Waals surface area contributed by atoms with Crippen LogP contribution in [0.4, 0.5) is 0 Å². The van der Waals surface area contributed by atoms with Gasteiger partial charge in [0.1, 0.15) is 17.0 Å². The third-order valence-corrected chi connectivity index (χ3v) is 10.6. The van der Waals surface area contributed by atoms with Gasteiger partial charge in [0.15, 0.2) is 0 Å². The summed E-state index contributed by atoms with van der Waals surface area (Å²) < 4.78 is 8.76. The summed E-state index contributed by atoms with van der Waals surface area (Å²) >= 11 is 0. The number of furan rings is 1. The van der Waals surface area contributed by atoms with Crippen molar-refractivity contribution in [3.05, 3.63) is 191 Å². The molecule has 7 aromatic carbocycles. The number of nitrogens with zero attached hydrogens (tertiary/aromatic N) is 2. The normalized spacial score (nSPS) is 15.8. The lowest BCUT2D eigenvalue weighted by Gasteiger charge is -2.35. The van der Waals surface area contributed by atoms with Crippen molar-refractivity contribution in [3.8, 4) is 28.2 Å². The van der Waals surface area contributed by atoms with Gasteiger partial charge in [-0.05, 0) is 87.0 Å². The smallest absolute Gasteiger partial charge is 0.145 e. The average Bonchev–Trinajstić information content (AvgIpc) is 3.80. The second-order valence-corrected chi connectivity index (χ2v) is 13.1. The van der Waals surface area contributed by atoms with Crippen molar-refractivity contribution < 1.29 is 4.42 Å². The number of para-hydroxylation sites is 4. The summed E-state index contributed by atoms with van der Waals surface area (Å²) in [6.07, 6.45) is 4.58. The molecular weight excluding hydrogens is 597 g/mol. The van der Waals surface area contributed by atoms with E-state index in [2.05, 4.69) is 168 Å². The van der Waals surface area contributed by atoms with Crippen LogP contribution in [-0.2, 0) is 5.41 Å². The number of rotatable bonds is 2. The first kappa shape index (κ1) is 26.6. The summed E-state index contributed by atoms with van der Waals surface area (Å²) in [6, 6.07) is 56.7. The van der Waals surface area contributed by atoms with E-state index in [0.29, 0.717) is 0 Å². The highest BCUT2D eigenvalue weighted by Gasteiger charge is 2.49. The molecule has 0 radical (unpaired) electrons. The molecule has 2 heterocycles. The fourth-order valence-corrected chi connectivity index (χ4v) is 8.69. The summed E-state index contributed by atoms with van der Waals surface area (Å²) in [6.45, 7) is 0. The molecule has 1 atom stereocenters. The maximum atomic E-state index is 6.47. The van der Waals surface area contributed by atoms with Gasteiger partial charge in [-0.3, -0.25) is 4.57 Å². The predicted octanol–water partition coefficient (Wildman–Crippen LogP) is 11.4. The zero-order valence-corrected chi connectivity index (χ0v) is 26.5. The van der Waals surface area contributed by atoms with Crippen LogP contribution < -0.4 is 0 Å². The molecule has 0 fully saturated rings. The van der Waals surface area contributed by atoms with Gasteiger partial charge >= 0.3 is 0 Å². The molecule has 2 aliphatic carbocycles. The number of hydrogen-bond acceptors (Lipinski definition) is 2. The van der Waals surface area contributed by atoms with Gasteiger partial charge in [0, 0.05) is 22.0 Å². The molecular formula is C46H28N2O. The first-order valence-corrected chi connectivity index (χ1v) is 16.8. The van der Waals surface area contributed by atoms with Crippen LogP contribution in [0.1, 0.15) is 33.4 Å². The number of fused-ring (bicyclic) bond motifs is 14. The minimum absolute atomic E-state index is 0.576. The van der Waals surface area contributed by atoms with E-state index in [0.717, 1.165) is 44.7 Å². The van der Waals surface area contributed by atoms with Crippen LogP contribution in [0, 0.1) is 0 Å². The molecule has 1 spiro atoms. The van der Waals surface area contributed by atoms with Crippen molar-refractivity contribution in [2.24, 2.45) is 0 Å². The van der Waals surface area contributed by atoms with Crippen LogP contribution in [0.3, 0.4) is 0 Å². The predicted molar refractivity (Wildman–Crippen MR) is 200 cm³/mol. The Balaban J connectivity index is 1.29. The summed E-state index contributed by atoms with van der Waals surface area (Å²) in [5.41, 5.74) is 15.5. The topological polar surface area (TPSA) is 31.0 Å². The first-order chi connectivity index (χ1) is 24.3. The Morgan fingerprint density at radius 2 is 1.27 bits per heavy atom.